The monoisotopic (exact) mass is 399 g/mol. The van der Waals surface area contributed by atoms with E-state index in [4.69, 9.17) is 14.5 Å². The molecule has 5 heteroatoms. The Labute approximate surface area is 169 Å². The second-order valence-electron chi connectivity index (χ2n) is 7.28. The van der Waals surface area contributed by atoms with E-state index in [2.05, 4.69) is 50.4 Å². The molecule has 0 unspecified atom stereocenters. The van der Waals surface area contributed by atoms with Crippen molar-refractivity contribution in [2.45, 2.75) is 36.8 Å². The number of rotatable bonds is 6. The van der Waals surface area contributed by atoms with Gasteiger partial charge in [0.1, 0.15) is 5.01 Å². The second-order valence-corrected chi connectivity index (χ2v) is 9.18. The van der Waals surface area contributed by atoms with Crippen LogP contribution in [-0.2, 0) is 11.2 Å². The maximum Gasteiger partial charge on any atom is 0.161 e. The first-order valence-corrected chi connectivity index (χ1v) is 10.7. The van der Waals surface area contributed by atoms with Gasteiger partial charge in [-0.1, -0.05) is 32.9 Å². The molecule has 0 atom stereocenters. The number of methoxy groups -OCH3 is 2. The molecular weight excluding hydrogens is 374 g/mol. The molecule has 0 saturated carbocycles. The first-order valence-electron chi connectivity index (χ1n) is 8.81. The largest absolute Gasteiger partial charge is 0.493 e. The summed E-state index contributed by atoms with van der Waals surface area (Å²) in [5.74, 6) is 2.31. The van der Waals surface area contributed by atoms with Crippen LogP contribution in [-0.4, -0.2) is 19.2 Å². The van der Waals surface area contributed by atoms with Gasteiger partial charge in [0.05, 0.1) is 19.9 Å². The molecule has 1 heterocycles. The zero-order valence-corrected chi connectivity index (χ0v) is 18.0. The molecule has 0 amide bonds. The van der Waals surface area contributed by atoms with Crippen molar-refractivity contribution >= 4 is 23.1 Å². The molecule has 0 aliphatic heterocycles. The van der Waals surface area contributed by atoms with Crippen LogP contribution >= 0.6 is 23.1 Å². The molecule has 1 aromatic heterocycles. The van der Waals surface area contributed by atoms with E-state index < -0.39 is 0 Å². The first kappa shape index (κ1) is 19.8. The molecule has 0 N–H and O–H groups in total. The average molecular weight is 400 g/mol. The van der Waals surface area contributed by atoms with Crippen LogP contribution in [0.5, 0.6) is 11.5 Å². The topological polar surface area (TPSA) is 31.4 Å². The summed E-state index contributed by atoms with van der Waals surface area (Å²) >= 11 is 3.47. The fourth-order valence-electron chi connectivity index (χ4n) is 2.68. The molecule has 27 heavy (non-hydrogen) atoms. The number of nitrogens with zero attached hydrogens (tertiary/aromatic N) is 1. The van der Waals surface area contributed by atoms with Gasteiger partial charge < -0.3 is 9.47 Å². The van der Waals surface area contributed by atoms with Crippen LogP contribution in [0.15, 0.2) is 52.7 Å². The van der Waals surface area contributed by atoms with Crippen LogP contribution in [0.3, 0.4) is 0 Å². The van der Waals surface area contributed by atoms with E-state index in [1.807, 2.05) is 30.0 Å². The van der Waals surface area contributed by atoms with Crippen LogP contribution in [0.25, 0.3) is 10.6 Å². The lowest BCUT2D eigenvalue weighted by molar-refractivity contribution is 0.355. The highest BCUT2D eigenvalue weighted by Crippen LogP contribution is 2.34. The molecule has 0 aliphatic carbocycles. The summed E-state index contributed by atoms with van der Waals surface area (Å²) in [5, 5.41) is 3.12. The van der Waals surface area contributed by atoms with Gasteiger partial charge in [-0.2, -0.15) is 0 Å². The van der Waals surface area contributed by atoms with Crippen molar-refractivity contribution in [2.24, 2.45) is 0 Å². The zero-order valence-electron chi connectivity index (χ0n) is 16.4. The number of hydrogen-bond donors (Lipinski definition) is 0. The summed E-state index contributed by atoms with van der Waals surface area (Å²) in [6.45, 7) is 6.71. The third-order valence-corrected chi connectivity index (χ3v) is 6.28. The molecule has 0 saturated heterocycles. The summed E-state index contributed by atoms with van der Waals surface area (Å²) in [5.41, 5.74) is 3.68. The van der Waals surface area contributed by atoms with Crippen LogP contribution < -0.4 is 9.47 Å². The fraction of sp³-hybridized carbons (Fsp3) is 0.318. The Bertz CT molecular complexity index is 895. The quantitative estimate of drug-likeness (QED) is 0.448. The number of ether oxygens (including phenoxy) is 2. The Balaban J connectivity index is 1.68. The van der Waals surface area contributed by atoms with E-state index in [0.717, 1.165) is 33.5 Å². The highest BCUT2D eigenvalue weighted by molar-refractivity contribution is 7.98. The van der Waals surface area contributed by atoms with Gasteiger partial charge >= 0.3 is 0 Å². The van der Waals surface area contributed by atoms with Crippen molar-refractivity contribution < 1.29 is 9.47 Å². The molecule has 3 aromatic rings. The minimum Gasteiger partial charge on any atom is -0.493 e. The Morgan fingerprint density at radius 1 is 0.963 bits per heavy atom. The van der Waals surface area contributed by atoms with Gasteiger partial charge in [0, 0.05) is 21.6 Å². The van der Waals surface area contributed by atoms with Gasteiger partial charge in [-0.05, 0) is 41.3 Å². The Morgan fingerprint density at radius 3 is 2.30 bits per heavy atom. The maximum atomic E-state index is 5.39. The first-order chi connectivity index (χ1) is 12.9. The van der Waals surface area contributed by atoms with Gasteiger partial charge in [0.25, 0.3) is 0 Å². The summed E-state index contributed by atoms with van der Waals surface area (Å²) < 4.78 is 10.7. The summed E-state index contributed by atoms with van der Waals surface area (Å²) in [4.78, 5) is 6.05. The van der Waals surface area contributed by atoms with E-state index in [9.17, 15) is 0 Å². The van der Waals surface area contributed by atoms with E-state index in [1.54, 1.807) is 25.6 Å². The highest BCUT2D eigenvalue weighted by atomic mass is 32.2. The molecule has 0 fully saturated rings. The summed E-state index contributed by atoms with van der Waals surface area (Å²) in [6.07, 6.45) is 0. The molecule has 0 spiro atoms. The van der Waals surface area contributed by atoms with Gasteiger partial charge in [-0.3, -0.25) is 0 Å². The summed E-state index contributed by atoms with van der Waals surface area (Å²) in [7, 11) is 3.29. The standard InChI is InChI=1S/C22H25NO2S2/c1-22(2,3)16-7-9-18(10-8-16)26-13-17-14-27-21(23-17)15-6-11-19(24-4)20(12-15)25-5/h6-12,14H,13H2,1-5H3. The lowest BCUT2D eigenvalue weighted by Crippen LogP contribution is -2.10. The average Bonchev–Trinajstić information content (AvgIpc) is 3.14. The number of benzene rings is 2. The third-order valence-electron chi connectivity index (χ3n) is 4.29. The van der Waals surface area contributed by atoms with Crippen LogP contribution in [0, 0.1) is 0 Å². The summed E-state index contributed by atoms with van der Waals surface area (Å²) in [6, 6.07) is 14.7. The lowest BCUT2D eigenvalue weighted by atomic mass is 9.87. The SMILES string of the molecule is COc1ccc(-c2nc(CSc3ccc(C(C)(C)C)cc3)cs2)cc1OC. The van der Waals surface area contributed by atoms with Crippen molar-refractivity contribution in [1.82, 2.24) is 4.98 Å². The van der Waals surface area contributed by atoms with Crippen molar-refractivity contribution in [2.75, 3.05) is 14.2 Å². The Kier molecular flexibility index (Phi) is 6.12. The fourth-order valence-corrected chi connectivity index (χ4v) is 4.40. The number of thioether (sulfide) groups is 1. The smallest absolute Gasteiger partial charge is 0.161 e. The maximum absolute atomic E-state index is 5.39. The van der Waals surface area contributed by atoms with Gasteiger partial charge in [-0.25, -0.2) is 4.98 Å². The molecule has 2 aromatic carbocycles. The number of aromatic nitrogens is 1. The van der Waals surface area contributed by atoms with Crippen molar-refractivity contribution in [3.63, 3.8) is 0 Å². The number of thiazole rings is 1. The molecular formula is C22H25NO2S2. The zero-order chi connectivity index (χ0) is 19.4. The van der Waals surface area contributed by atoms with Crippen LogP contribution in [0.2, 0.25) is 0 Å². The minimum absolute atomic E-state index is 0.187. The van der Waals surface area contributed by atoms with E-state index in [0.29, 0.717) is 0 Å². The second kappa shape index (κ2) is 8.36. The molecule has 142 valence electrons. The Morgan fingerprint density at radius 2 is 1.67 bits per heavy atom. The van der Waals surface area contributed by atoms with Crippen molar-refractivity contribution in [3.05, 3.63) is 59.1 Å². The van der Waals surface area contributed by atoms with Crippen LogP contribution in [0.1, 0.15) is 32.0 Å². The lowest BCUT2D eigenvalue weighted by Gasteiger charge is -2.18. The van der Waals surface area contributed by atoms with Crippen LogP contribution in [0.4, 0.5) is 0 Å². The van der Waals surface area contributed by atoms with E-state index in [-0.39, 0.29) is 5.41 Å². The van der Waals surface area contributed by atoms with E-state index in [1.165, 1.54) is 10.5 Å². The molecule has 0 bridgehead atoms. The highest BCUT2D eigenvalue weighted by Gasteiger charge is 2.13. The van der Waals surface area contributed by atoms with Crippen molar-refractivity contribution in [3.8, 4) is 22.1 Å². The van der Waals surface area contributed by atoms with Gasteiger partial charge in [-0.15, -0.1) is 23.1 Å². The molecule has 3 nitrogen and oxygen atoms in total. The predicted molar refractivity (Wildman–Crippen MR) is 115 cm³/mol. The minimum atomic E-state index is 0.187. The third kappa shape index (κ3) is 4.85. The molecule has 0 aliphatic rings. The van der Waals surface area contributed by atoms with Gasteiger partial charge in [0.2, 0.25) is 0 Å². The molecule has 3 rings (SSSR count). The van der Waals surface area contributed by atoms with E-state index >= 15 is 0 Å². The molecule has 0 radical (unpaired) electrons. The van der Waals surface area contributed by atoms with Gasteiger partial charge in [0.15, 0.2) is 11.5 Å². The predicted octanol–water partition coefficient (Wildman–Crippen LogP) is 6.42. The van der Waals surface area contributed by atoms with Crippen molar-refractivity contribution in [1.29, 1.82) is 0 Å². The Hall–Kier alpha value is -1.98. The number of hydrogen-bond acceptors (Lipinski definition) is 5. The normalized spacial score (nSPS) is 11.4.